The molecule has 3 heterocycles. The van der Waals surface area contributed by atoms with Gasteiger partial charge < -0.3 is 29.4 Å². The summed E-state index contributed by atoms with van der Waals surface area (Å²) in [7, 11) is 1.64. The molecule has 204 valence electrons. The number of para-hydroxylation sites is 1. The largest absolute Gasteiger partial charge is 0.497 e. The first-order chi connectivity index (χ1) is 20.1. The van der Waals surface area contributed by atoms with Gasteiger partial charge in [0.25, 0.3) is 5.91 Å². The van der Waals surface area contributed by atoms with Gasteiger partial charge in [0.05, 0.1) is 18.8 Å². The van der Waals surface area contributed by atoms with Crippen LogP contribution in [0.25, 0.3) is 22.2 Å². The summed E-state index contributed by atoms with van der Waals surface area (Å²) in [4.78, 5) is 32.4. The molecule has 0 radical (unpaired) electrons. The normalized spacial score (nSPS) is 15.3. The van der Waals surface area contributed by atoms with Gasteiger partial charge in [-0.3, -0.25) is 9.59 Å². The molecular weight excluding hydrogens is 518 g/mol. The van der Waals surface area contributed by atoms with Gasteiger partial charge in [0.1, 0.15) is 12.3 Å². The second-order valence-electron chi connectivity index (χ2n) is 10.1. The molecule has 2 N–H and O–H groups in total. The number of methoxy groups -OCH3 is 1. The Bertz CT molecular complexity index is 1810. The van der Waals surface area contributed by atoms with E-state index in [2.05, 4.69) is 10.3 Å². The van der Waals surface area contributed by atoms with Crippen LogP contribution in [0.1, 0.15) is 33.1 Å². The molecule has 2 amide bonds. The smallest absolute Gasteiger partial charge is 0.255 e. The third-order valence-electron chi connectivity index (χ3n) is 7.68. The van der Waals surface area contributed by atoms with Crippen LogP contribution in [0.2, 0.25) is 0 Å². The number of rotatable bonds is 7. The van der Waals surface area contributed by atoms with Crippen LogP contribution in [0.15, 0.2) is 91.0 Å². The number of carbonyl (C=O) groups is 2. The Morgan fingerprint density at radius 3 is 2.71 bits per heavy atom. The number of carbonyl (C=O) groups excluding carboxylic acids is 2. The number of H-pyrrole nitrogens is 1. The summed E-state index contributed by atoms with van der Waals surface area (Å²) in [6.07, 6.45) is 0. The third-order valence-corrected chi connectivity index (χ3v) is 7.68. The monoisotopic (exact) mass is 545 g/mol. The van der Waals surface area contributed by atoms with Crippen LogP contribution in [0.5, 0.6) is 17.2 Å². The number of hydrogen-bond acceptors (Lipinski definition) is 5. The molecule has 2 aliphatic rings. The van der Waals surface area contributed by atoms with Gasteiger partial charge in [-0.1, -0.05) is 54.6 Å². The first-order valence-electron chi connectivity index (χ1n) is 13.4. The van der Waals surface area contributed by atoms with E-state index in [1.54, 1.807) is 12.0 Å². The van der Waals surface area contributed by atoms with E-state index in [1.807, 2.05) is 91.0 Å². The summed E-state index contributed by atoms with van der Waals surface area (Å²) in [6.45, 7) is 0.396. The summed E-state index contributed by atoms with van der Waals surface area (Å²) >= 11 is 0. The van der Waals surface area contributed by atoms with E-state index in [4.69, 9.17) is 14.2 Å². The van der Waals surface area contributed by atoms with Gasteiger partial charge in [-0.15, -0.1) is 0 Å². The number of nitrogens with one attached hydrogen (secondary N) is 2. The Morgan fingerprint density at radius 2 is 1.80 bits per heavy atom. The van der Waals surface area contributed by atoms with Crippen molar-refractivity contribution >= 4 is 22.7 Å². The topological polar surface area (TPSA) is 92.9 Å². The molecule has 1 atom stereocenters. The lowest BCUT2D eigenvalue weighted by atomic mass is 9.93. The number of nitrogens with zero attached hydrogens (tertiary/aromatic N) is 1. The van der Waals surface area contributed by atoms with Gasteiger partial charge in [0.2, 0.25) is 12.7 Å². The average molecular weight is 546 g/mol. The molecule has 7 rings (SSSR count). The molecule has 0 saturated heterocycles. The molecule has 1 aromatic heterocycles. The lowest BCUT2D eigenvalue weighted by Gasteiger charge is -2.26. The lowest BCUT2D eigenvalue weighted by Crippen LogP contribution is -2.39. The van der Waals surface area contributed by atoms with Crippen molar-refractivity contribution in [2.24, 2.45) is 0 Å². The van der Waals surface area contributed by atoms with Crippen LogP contribution >= 0.6 is 0 Å². The summed E-state index contributed by atoms with van der Waals surface area (Å²) < 4.78 is 16.3. The van der Waals surface area contributed by atoms with E-state index in [0.717, 1.165) is 44.6 Å². The molecule has 41 heavy (non-hydrogen) atoms. The number of benzene rings is 4. The molecule has 1 unspecified atom stereocenters. The van der Waals surface area contributed by atoms with E-state index < -0.39 is 6.04 Å². The number of aromatic nitrogens is 1. The molecule has 5 aromatic rings. The molecule has 0 spiro atoms. The Morgan fingerprint density at radius 1 is 0.976 bits per heavy atom. The van der Waals surface area contributed by atoms with Gasteiger partial charge in [-0.2, -0.15) is 0 Å². The Labute approximate surface area is 236 Å². The van der Waals surface area contributed by atoms with Crippen molar-refractivity contribution < 1.29 is 23.8 Å². The molecule has 4 aromatic carbocycles. The zero-order valence-corrected chi connectivity index (χ0v) is 22.3. The van der Waals surface area contributed by atoms with E-state index in [9.17, 15) is 9.59 Å². The van der Waals surface area contributed by atoms with Crippen LogP contribution < -0.4 is 19.5 Å². The van der Waals surface area contributed by atoms with E-state index in [0.29, 0.717) is 23.6 Å². The maximum Gasteiger partial charge on any atom is 0.255 e. The quantitative estimate of drug-likeness (QED) is 0.284. The van der Waals surface area contributed by atoms with Crippen molar-refractivity contribution in [2.75, 3.05) is 20.4 Å². The lowest BCUT2D eigenvalue weighted by molar-refractivity contribution is -0.122. The number of fused-ring (bicyclic) bond motifs is 3. The third kappa shape index (κ3) is 4.34. The highest BCUT2D eigenvalue weighted by Gasteiger charge is 2.41. The minimum absolute atomic E-state index is 0.0974. The van der Waals surface area contributed by atoms with Crippen LogP contribution in [0, 0.1) is 0 Å². The van der Waals surface area contributed by atoms with Crippen molar-refractivity contribution in [3.8, 4) is 28.5 Å². The fourth-order valence-electron chi connectivity index (χ4n) is 5.76. The minimum Gasteiger partial charge on any atom is -0.497 e. The maximum atomic E-state index is 13.8. The predicted molar refractivity (Wildman–Crippen MR) is 154 cm³/mol. The molecule has 8 nitrogen and oxygen atoms in total. The molecule has 2 aliphatic heterocycles. The first-order valence-corrected chi connectivity index (χ1v) is 13.4. The zero-order chi connectivity index (χ0) is 27.9. The summed E-state index contributed by atoms with van der Waals surface area (Å²) in [5.41, 5.74) is 6.05. The second-order valence-corrected chi connectivity index (χ2v) is 10.1. The van der Waals surface area contributed by atoms with Gasteiger partial charge in [0.15, 0.2) is 11.5 Å². The standard InChI is InChI=1S/C33H27N3O5/c1-39-22-8-6-7-21(16-22)31-30(25-11-4-5-12-26(25)35-31)32-23-9-2-3-10-24(23)33(38)36(32)18-29(37)34-17-20-13-14-27-28(15-20)41-19-40-27/h2-16,32,35H,17-19H2,1H3,(H,34,37). The molecule has 0 aliphatic carbocycles. The van der Waals surface area contributed by atoms with Crippen LogP contribution in [-0.4, -0.2) is 42.1 Å². The molecule has 0 bridgehead atoms. The van der Waals surface area contributed by atoms with Crippen LogP contribution in [0.3, 0.4) is 0 Å². The minimum atomic E-state index is -0.465. The van der Waals surface area contributed by atoms with Gasteiger partial charge in [-0.05, 0) is 47.5 Å². The SMILES string of the molecule is COc1cccc(-c2[nH]c3ccccc3c2C2c3ccccc3C(=O)N2CC(=O)NCc2ccc3c(c2)OCO3)c1. The summed E-state index contributed by atoms with van der Waals surface area (Å²) in [5, 5.41) is 3.97. The number of amides is 2. The predicted octanol–water partition coefficient (Wildman–Crippen LogP) is 5.43. The fraction of sp³-hybridized carbons (Fsp3) is 0.152. The molecule has 0 fully saturated rings. The Hall–Kier alpha value is -5.24. The van der Waals surface area contributed by atoms with Crippen molar-refractivity contribution in [3.05, 3.63) is 113 Å². The van der Waals surface area contributed by atoms with Gasteiger partial charge >= 0.3 is 0 Å². The summed E-state index contributed by atoms with van der Waals surface area (Å²) in [5.74, 6) is 1.65. The molecular formula is C33H27N3O5. The van der Waals surface area contributed by atoms with Crippen LogP contribution in [0.4, 0.5) is 0 Å². The molecule has 0 saturated carbocycles. The van der Waals surface area contributed by atoms with Crippen LogP contribution in [-0.2, 0) is 11.3 Å². The average Bonchev–Trinajstić information content (AvgIpc) is 3.70. The Balaban J connectivity index is 1.26. The van der Waals surface area contributed by atoms with E-state index in [-0.39, 0.29) is 25.2 Å². The van der Waals surface area contributed by atoms with Crippen molar-refractivity contribution in [1.29, 1.82) is 0 Å². The van der Waals surface area contributed by atoms with Crippen molar-refractivity contribution in [3.63, 3.8) is 0 Å². The van der Waals surface area contributed by atoms with E-state index in [1.165, 1.54) is 0 Å². The number of ether oxygens (including phenoxy) is 3. The van der Waals surface area contributed by atoms with Crippen molar-refractivity contribution in [2.45, 2.75) is 12.6 Å². The van der Waals surface area contributed by atoms with Gasteiger partial charge in [-0.25, -0.2) is 0 Å². The Kier molecular flexibility index (Phi) is 6.08. The molecule has 8 heteroatoms. The van der Waals surface area contributed by atoms with Gasteiger partial charge in [0, 0.05) is 34.1 Å². The highest BCUT2D eigenvalue weighted by atomic mass is 16.7. The van der Waals surface area contributed by atoms with E-state index >= 15 is 0 Å². The fourth-order valence-corrected chi connectivity index (χ4v) is 5.76. The maximum absolute atomic E-state index is 13.8. The van der Waals surface area contributed by atoms with Crippen molar-refractivity contribution in [1.82, 2.24) is 15.2 Å². The zero-order valence-electron chi connectivity index (χ0n) is 22.3. The highest BCUT2D eigenvalue weighted by molar-refractivity contribution is 6.03. The first kappa shape index (κ1) is 24.8. The number of aromatic amines is 1. The summed E-state index contributed by atoms with van der Waals surface area (Å²) in [6, 6.07) is 28.6. The number of hydrogen-bond donors (Lipinski definition) is 2. The second kappa shape index (κ2) is 10.1. The highest BCUT2D eigenvalue weighted by Crippen LogP contribution is 2.45.